The molecule has 1 fully saturated rings. The molecule has 0 aromatic carbocycles. The quantitative estimate of drug-likeness (QED) is 0.843. The molecule has 2 N–H and O–H groups in total. The van der Waals surface area contributed by atoms with Crippen LogP contribution in [0.1, 0.15) is 32.5 Å². The van der Waals surface area contributed by atoms with Crippen LogP contribution < -0.4 is 5.73 Å². The molecule has 0 aliphatic carbocycles. The second kappa shape index (κ2) is 5.60. The summed E-state index contributed by atoms with van der Waals surface area (Å²) in [6.07, 6.45) is 3.92. The Bertz CT molecular complexity index is 348. The van der Waals surface area contributed by atoms with Gasteiger partial charge in [-0.2, -0.15) is 5.10 Å². The van der Waals surface area contributed by atoms with Gasteiger partial charge >= 0.3 is 0 Å². The highest BCUT2D eigenvalue weighted by atomic mass is 15.3. The van der Waals surface area contributed by atoms with E-state index in [2.05, 4.69) is 28.8 Å². The number of aryl methyl sites for hydroxylation is 1. The normalized spacial score (nSPS) is 26.3. The highest BCUT2D eigenvalue weighted by Crippen LogP contribution is 2.16. The molecule has 1 aromatic rings. The molecule has 0 amide bonds. The van der Waals surface area contributed by atoms with Gasteiger partial charge in [0.15, 0.2) is 0 Å². The van der Waals surface area contributed by atoms with Crippen molar-refractivity contribution in [2.75, 3.05) is 13.1 Å². The molecule has 0 bridgehead atoms. The number of rotatable bonds is 4. The largest absolute Gasteiger partial charge is 0.326 e. The summed E-state index contributed by atoms with van der Waals surface area (Å²) in [5.41, 5.74) is 6.11. The van der Waals surface area contributed by atoms with Crippen molar-refractivity contribution in [1.82, 2.24) is 19.7 Å². The van der Waals surface area contributed by atoms with Crippen LogP contribution in [0.25, 0.3) is 0 Å². The van der Waals surface area contributed by atoms with Crippen LogP contribution in [0.3, 0.4) is 0 Å². The third-order valence-electron chi connectivity index (χ3n) is 3.60. The van der Waals surface area contributed by atoms with Crippen LogP contribution >= 0.6 is 0 Å². The Labute approximate surface area is 103 Å². The Morgan fingerprint density at radius 3 is 3.06 bits per heavy atom. The predicted molar refractivity (Wildman–Crippen MR) is 67.3 cm³/mol. The summed E-state index contributed by atoms with van der Waals surface area (Å²) in [5.74, 6) is 1.70. The van der Waals surface area contributed by atoms with Crippen molar-refractivity contribution in [3.63, 3.8) is 0 Å². The first-order valence-electron chi connectivity index (χ1n) is 6.55. The van der Waals surface area contributed by atoms with Crippen LogP contribution in [0.5, 0.6) is 0 Å². The third kappa shape index (κ3) is 3.04. The van der Waals surface area contributed by atoms with Gasteiger partial charge in [0.1, 0.15) is 12.2 Å². The Hall–Kier alpha value is -0.940. The van der Waals surface area contributed by atoms with E-state index in [0.717, 1.165) is 38.4 Å². The molecule has 5 nitrogen and oxygen atoms in total. The van der Waals surface area contributed by atoms with E-state index in [4.69, 9.17) is 5.73 Å². The zero-order chi connectivity index (χ0) is 12.3. The molecule has 2 atom stereocenters. The second-order valence-corrected chi connectivity index (χ2v) is 5.06. The van der Waals surface area contributed by atoms with E-state index in [1.165, 1.54) is 6.42 Å². The minimum Gasteiger partial charge on any atom is -0.326 e. The maximum atomic E-state index is 6.11. The van der Waals surface area contributed by atoms with Gasteiger partial charge in [-0.3, -0.25) is 4.90 Å². The Kier molecular flexibility index (Phi) is 4.12. The highest BCUT2D eigenvalue weighted by molar-refractivity contribution is 4.88. The van der Waals surface area contributed by atoms with Crippen molar-refractivity contribution in [3.8, 4) is 0 Å². The fourth-order valence-electron chi connectivity index (χ4n) is 2.32. The molecular weight excluding hydrogens is 214 g/mol. The lowest BCUT2D eigenvalue weighted by Gasteiger charge is -2.34. The van der Waals surface area contributed by atoms with Gasteiger partial charge in [0, 0.05) is 19.1 Å². The van der Waals surface area contributed by atoms with Gasteiger partial charge in [-0.25, -0.2) is 9.67 Å². The zero-order valence-corrected chi connectivity index (χ0v) is 10.8. The maximum absolute atomic E-state index is 6.11. The molecule has 17 heavy (non-hydrogen) atoms. The van der Waals surface area contributed by atoms with Crippen molar-refractivity contribution in [3.05, 3.63) is 12.2 Å². The van der Waals surface area contributed by atoms with Gasteiger partial charge in [0.05, 0.1) is 6.54 Å². The SMILES string of the molecule is CCCn1ncnc1CN1CCC(C)C(N)C1. The number of hydrogen-bond acceptors (Lipinski definition) is 4. The number of hydrogen-bond donors (Lipinski definition) is 1. The van der Waals surface area contributed by atoms with Crippen LogP contribution in [0.4, 0.5) is 0 Å². The van der Waals surface area contributed by atoms with Crippen molar-refractivity contribution < 1.29 is 0 Å². The fourth-order valence-corrected chi connectivity index (χ4v) is 2.32. The summed E-state index contributed by atoms with van der Waals surface area (Å²) in [5, 5.41) is 4.25. The molecule has 0 radical (unpaired) electrons. The van der Waals surface area contributed by atoms with Crippen LogP contribution in [-0.4, -0.2) is 38.8 Å². The van der Waals surface area contributed by atoms with Crippen LogP contribution in [0.2, 0.25) is 0 Å². The minimum atomic E-state index is 0.297. The molecule has 2 rings (SSSR count). The van der Waals surface area contributed by atoms with Crippen LogP contribution in [0, 0.1) is 5.92 Å². The maximum Gasteiger partial charge on any atom is 0.141 e. The van der Waals surface area contributed by atoms with Gasteiger partial charge < -0.3 is 5.73 Å². The first-order chi connectivity index (χ1) is 8.20. The van der Waals surface area contributed by atoms with E-state index < -0.39 is 0 Å². The molecule has 2 unspecified atom stereocenters. The predicted octanol–water partition coefficient (Wildman–Crippen LogP) is 0.857. The Balaban J connectivity index is 1.94. The van der Waals surface area contributed by atoms with Crippen molar-refractivity contribution >= 4 is 0 Å². The molecule has 5 heteroatoms. The minimum absolute atomic E-state index is 0.297. The van der Waals surface area contributed by atoms with E-state index in [9.17, 15) is 0 Å². The average molecular weight is 237 g/mol. The molecule has 1 saturated heterocycles. The number of likely N-dealkylation sites (tertiary alicyclic amines) is 1. The summed E-state index contributed by atoms with van der Waals surface area (Å²) in [6, 6.07) is 0.297. The third-order valence-corrected chi connectivity index (χ3v) is 3.60. The molecular formula is C12H23N5. The van der Waals surface area contributed by atoms with E-state index in [0.29, 0.717) is 12.0 Å². The standard InChI is InChI=1S/C12H23N5/c1-3-5-17-12(14-9-15-17)8-16-6-4-10(2)11(13)7-16/h9-11H,3-8,13H2,1-2H3. The number of aromatic nitrogens is 3. The second-order valence-electron chi connectivity index (χ2n) is 5.06. The topological polar surface area (TPSA) is 60.0 Å². The monoisotopic (exact) mass is 237 g/mol. The Morgan fingerprint density at radius 1 is 1.53 bits per heavy atom. The summed E-state index contributed by atoms with van der Waals surface area (Å²) < 4.78 is 2.00. The molecule has 0 spiro atoms. The summed E-state index contributed by atoms with van der Waals surface area (Å²) >= 11 is 0. The summed E-state index contributed by atoms with van der Waals surface area (Å²) in [7, 11) is 0. The molecule has 96 valence electrons. The lowest BCUT2D eigenvalue weighted by atomic mass is 9.94. The number of nitrogens with two attached hydrogens (primary N) is 1. The van der Waals surface area contributed by atoms with Gasteiger partial charge in [0.25, 0.3) is 0 Å². The highest BCUT2D eigenvalue weighted by Gasteiger charge is 2.23. The molecule has 1 aliphatic rings. The summed E-state index contributed by atoms with van der Waals surface area (Å²) in [6.45, 7) is 8.31. The fraction of sp³-hybridized carbons (Fsp3) is 0.833. The molecule has 1 aliphatic heterocycles. The molecule has 0 saturated carbocycles. The first-order valence-corrected chi connectivity index (χ1v) is 6.55. The first kappa shape index (κ1) is 12.5. The lowest BCUT2D eigenvalue weighted by molar-refractivity contribution is 0.156. The average Bonchev–Trinajstić information content (AvgIpc) is 2.72. The van der Waals surface area contributed by atoms with E-state index in [-0.39, 0.29) is 0 Å². The van der Waals surface area contributed by atoms with Gasteiger partial charge in [0.2, 0.25) is 0 Å². The van der Waals surface area contributed by atoms with E-state index in [1.807, 2.05) is 4.68 Å². The van der Waals surface area contributed by atoms with Crippen molar-refractivity contribution in [2.45, 2.75) is 45.8 Å². The van der Waals surface area contributed by atoms with Crippen LogP contribution in [0.15, 0.2) is 6.33 Å². The van der Waals surface area contributed by atoms with Gasteiger partial charge in [-0.15, -0.1) is 0 Å². The van der Waals surface area contributed by atoms with Crippen molar-refractivity contribution in [2.24, 2.45) is 11.7 Å². The van der Waals surface area contributed by atoms with Crippen molar-refractivity contribution in [1.29, 1.82) is 0 Å². The smallest absolute Gasteiger partial charge is 0.141 e. The molecule has 1 aromatic heterocycles. The number of piperidine rings is 1. The zero-order valence-electron chi connectivity index (χ0n) is 10.8. The van der Waals surface area contributed by atoms with E-state index in [1.54, 1.807) is 6.33 Å². The summed E-state index contributed by atoms with van der Waals surface area (Å²) in [4.78, 5) is 6.73. The van der Waals surface area contributed by atoms with Gasteiger partial charge in [-0.1, -0.05) is 13.8 Å². The molecule has 2 heterocycles. The Morgan fingerprint density at radius 2 is 2.35 bits per heavy atom. The lowest BCUT2D eigenvalue weighted by Crippen LogP contribution is -2.47. The van der Waals surface area contributed by atoms with Gasteiger partial charge in [-0.05, 0) is 25.3 Å². The number of nitrogens with zero attached hydrogens (tertiary/aromatic N) is 4. The van der Waals surface area contributed by atoms with Crippen LogP contribution in [-0.2, 0) is 13.1 Å². The van der Waals surface area contributed by atoms with E-state index >= 15 is 0 Å².